The summed E-state index contributed by atoms with van der Waals surface area (Å²) in [6.07, 6.45) is 21.1. The second kappa shape index (κ2) is 20.4. The highest BCUT2D eigenvalue weighted by atomic mass is 35.5. The number of nitrogens with zero attached hydrogens (tertiary/aromatic N) is 8. The van der Waals surface area contributed by atoms with Gasteiger partial charge >= 0.3 is 0 Å². The van der Waals surface area contributed by atoms with Gasteiger partial charge in [0.2, 0.25) is 0 Å². The van der Waals surface area contributed by atoms with Crippen LogP contribution >= 0.6 is 12.4 Å². The molecule has 4 aromatic heterocycles. The first kappa shape index (κ1) is 45.3. The zero-order valence-electron chi connectivity index (χ0n) is 39.0. The van der Waals surface area contributed by atoms with Gasteiger partial charge in [0.25, 0.3) is 0 Å². The molecule has 2 saturated carbocycles. The van der Waals surface area contributed by atoms with Crippen LogP contribution in [0, 0.1) is 0 Å². The lowest BCUT2D eigenvalue weighted by molar-refractivity contribution is 0.117. The van der Waals surface area contributed by atoms with Crippen molar-refractivity contribution >= 4 is 46.1 Å². The van der Waals surface area contributed by atoms with Crippen molar-refractivity contribution in [3.63, 3.8) is 0 Å². The van der Waals surface area contributed by atoms with E-state index in [0.717, 1.165) is 106 Å². The number of fused-ring (bicyclic) bond motifs is 2. The standard InChI is InChI=1S/C55H60N10O2.ClH/c1-62(2)40-20-24-42(25-21-40)64-34-48(38-16-28-46(29-17-38)66-44-12-6-3-7-13-44)50-52(56-36-58-54(50)64)60-61-53-51-49(39-18-30-47(31-19-39)67-45-14-8-4-9-15-45)35-65(55(51)59-37-57-53)43-26-22-41(23-27-43)63-32-10-5-11-33-63;/h3-4,6-9,12-19,28-31,34-37,40-43H,5,10-11,20-27,32-33H2,1-2H3,(H,56,58,60)(H,57,59,61);1H. The number of likely N-dealkylation sites (tertiary alicyclic amines) is 1. The van der Waals surface area contributed by atoms with Crippen LogP contribution in [0.1, 0.15) is 82.7 Å². The first-order valence-electron chi connectivity index (χ1n) is 24.3. The molecular formula is C55H61ClN10O2. The number of hydrogen-bond donors (Lipinski definition) is 2. The van der Waals surface area contributed by atoms with Crippen LogP contribution in [0.5, 0.6) is 23.0 Å². The molecule has 1 saturated heterocycles. The minimum Gasteiger partial charge on any atom is -0.457 e. The molecule has 3 fully saturated rings. The van der Waals surface area contributed by atoms with E-state index in [1.165, 1.54) is 45.2 Å². The first-order valence-corrected chi connectivity index (χ1v) is 24.3. The molecule has 12 nitrogen and oxygen atoms in total. The molecule has 13 heteroatoms. The monoisotopic (exact) mass is 928 g/mol. The molecule has 0 atom stereocenters. The Balaban J connectivity index is 0.00000539. The molecule has 0 radical (unpaired) electrons. The molecule has 0 bridgehead atoms. The molecule has 3 aliphatic rings. The van der Waals surface area contributed by atoms with Crippen molar-refractivity contribution < 1.29 is 9.47 Å². The molecule has 0 unspecified atom stereocenters. The van der Waals surface area contributed by atoms with Gasteiger partial charge in [0.05, 0.1) is 10.8 Å². The van der Waals surface area contributed by atoms with Crippen LogP contribution in [0.3, 0.4) is 0 Å². The average Bonchev–Trinajstić information content (AvgIpc) is 3.98. The van der Waals surface area contributed by atoms with Gasteiger partial charge in [0, 0.05) is 47.7 Å². The predicted molar refractivity (Wildman–Crippen MR) is 275 cm³/mol. The Morgan fingerprint density at radius 1 is 0.485 bits per heavy atom. The number of anilines is 2. The zero-order chi connectivity index (χ0) is 45.1. The summed E-state index contributed by atoms with van der Waals surface area (Å²) in [5.74, 6) is 4.53. The molecule has 68 heavy (non-hydrogen) atoms. The SMILES string of the molecule is CN(C)C1CCC(n2cc(-c3ccc(Oc4ccccc4)cc3)c3c(NNc4ncnc5c4c(-c4ccc(Oc6ccccc6)cc4)cn5C4CCC(N5CCCCC5)CC4)ncnc32)CC1.Cl. The largest absolute Gasteiger partial charge is 0.457 e. The van der Waals surface area contributed by atoms with Gasteiger partial charge in [0.1, 0.15) is 46.9 Å². The molecule has 5 heterocycles. The molecule has 2 N–H and O–H groups in total. The summed E-state index contributed by atoms with van der Waals surface area (Å²) in [7, 11) is 4.39. The molecule has 4 aromatic carbocycles. The number of hydrazine groups is 1. The van der Waals surface area contributed by atoms with Crippen LogP contribution in [0.25, 0.3) is 44.3 Å². The highest BCUT2D eigenvalue weighted by molar-refractivity contribution is 6.04. The van der Waals surface area contributed by atoms with E-state index in [1.54, 1.807) is 12.7 Å². The van der Waals surface area contributed by atoms with Crippen molar-refractivity contribution in [3.05, 3.63) is 134 Å². The number of rotatable bonds is 13. The molecule has 350 valence electrons. The molecule has 8 aromatic rings. The Hall–Kier alpha value is -6.47. The highest BCUT2D eigenvalue weighted by Crippen LogP contribution is 2.43. The number of hydrogen-bond acceptors (Lipinski definition) is 10. The minimum absolute atomic E-state index is 0. The van der Waals surface area contributed by atoms with E-state index in [2.05, 4.69) is 80.5 Å². The third-order valence-corrected chi connectivity index (χ3v) is 14.6. The normalized spacial score (nSPS) is 20.0. The Kier molecular flexibility index (Phi) is 13.6. The highest BCUT2D eigenvalue weighted by Gasteiger charge is 2.31. The molecule has 0 spiro atoms. The maximum absolute atomic E-state index is 6.21. The van der Waals surface area contributed by atoms with Gasteiger partial charge in [-0.15, -0.1) is 12.4 Å². The van der Waals surface area contributed by atoms with Gasteiger partial charge < -0.3 is 28.4 Å². The van der Waals surface area contributed by atoms with Crippen LogP contribution in [-0.2, 0) is 0 Å². The molecule has 1 aliphatic heterocycles. The lowest BCUT2D eigenvalue weighted by atomic mass is 9.89. The van der Waals surface area contributed by atoms with Crippen LogP contribution in [0.4, 0.5) is 11.6 Å². The topological polar surface area (TPSA) is 110 Å². The Bertz CT molecular complexity index is 2900. The Morgan fingerprint density at radius 3 is 1.34 bits per heavy atom. The average molecular weight is 930 g/mol. The number of benzene rings is 4. The van der Waals surface area contributed by atoms with E-state index in [4.69, 9.17) is 29.4 Å². The number of aromatic nitrogens is 6. The van der Waals surface area contributed by atoms with E-state index in [9.17, 15) is 0 Å². The van der Waals surface area contributed by atoms with Crippen molar-refractivity contribution in [2.24, 2.45) is 0 Å². The fraction of sp³-hybridized carbons (Fsp3) is 0.345. The molecule has 11 rings (SSSR count). The number of nitrogens with one attached hydrogen (secondary N) is 2. The van der Waals surface area contributed by atoms with Crippen molar-refractivity contribution in [3.8, 4) is 45.3 Å². The lowest BCUT2D eigenvalue weighted by Crippen LogP contribution is -2.41. The zero-order valence-corrected chi connectivity index (χ0v) is 39.8. The summed E-state index contributed by atoms with van der Waals surface area (Å²) in [5, 5.41) is 1.91. The third-order valence-electron chi connectivity index (χ3n) is 14.6. The van der Waals surface area contributed by atoms with Crippen molar-refractivity contribution in [1.82, 2.24) is 38.9 Å². The number of piperidine rings is 1. The van der Waals surface area contributed by atoms with Gasteiger partial charge in [-0.05, 0) is 151 Å². The van der Waals surface area contributed by atoms with Gasteiger partial charge in [-0.3, -0.25) is 10.9 Å². The van der Waals surface area contributed by atoms with Crippen LogP contribution < -0.4 is 20.3 Å². The van der Waals surface area contributed by atoms with E-state index in [-0.39, 0.29) is 12.4 Å². The van der Waals surface area contributed by atoms with Crippen molar-refractivity contribution in [2.75, 3.05) is 38.0 Å². The van der Waals surface area contributed by atoms with E-state index >= 15 is 0 Å². The predicted octanol–water partition coefficient (Wildman–Crippen LogP) is 13.0. The van der Waals surface area contributed by atoms with Crippen molar-refractivity contribution in [2.45, 2.75) is 94.8 Å². The van der Waals surface area contributed by atoms with Gasteiger partial charge in [0.15, 0.2) is 11.6 Å². The first-order chi connectivity index (χ1) is 33.0. The Labute approximate surface area is 405 Å². The fourth-order valence-corrected chi connectivity index (χ4v) is 11.0. The van der Waals surface area contributed by atoms with E-state index in [1.807, 2.05) is 84.9 Å². The second-order valence-corrected chi connectivity index (χ2v) is 18.9. The maximum atomic E-state index is 6.21. The minimum atomic E-state index is 0. The van der Waals surface area contributed by atoms with Gasteiger partial charge in [-0.1, -0.05) is 67.1 Å². The summed E-state index contributed by atoms with van der Waals surface area (Å²) in [6.45, 7) is 2.48. The third kappa shape index (κ3) is 9.50. The van der Waals surface area contributed by atoms with E-state index < -0.39 is 0 Å². The summed E-state index contributed by atoms with van der Waals surface area (Å²) in [4.78, 5) is 24.9. The van der Waals surface area contributed by atoms with Crippen molar-refractivity contribution in [1.29, 1.82) is 0 Å². The lowest BCUT2D eigenvalue weighted by Gasteiger charge is -2.39. The van der Waals surface area contributed by atoms with Crippen LogP contribution in [0.15, 0.2) is 134 Å². The maximum Gasteiger partial charge on any atom is 0.158 e. The summed E-state index contributed by atoms with van der Waals surface area (Å²) in [5.41, 5.74) is 13.2. The summed E-state index contributed by atoms with van der Waals surface area (Å²) >= 11 is 0. The number of para-hydroxylation sites is 2. The number of ether oxygens (including phenoxy) is 2. The summed E-state index contributed by atoms with van der Waals surface area (Å²) in [6, 6.07) is 38.4. The molecule has 0 amide bonds. The summed E-state index contributed by atoms with van der Waals surface area (Å²) < 4.78 is 17.2. The quantitative estimate of drug-likeness (QED) is 0.108. The van der Waals surface area contributed by atoms with Gasteiger partial charge in [-0.25, -0.2) is 19.9 Å². The van der Waals surface area contributed by atoms with Crippen LogP contribution in [-0.4, -0.2) is 78.1 Å². The smallest absolute Gasteiger partial charge is 0.158 e. The number of halogens is 1. The van der Waals surface area contributed by atoms with E-state index in [0.29, 0.717) is 35.8 Å². The Morgan fingerprint density at radius 2 is 0.897 bits per heavy atom. The molecule has 2 aliphatic carbocycles. The van der Waals surface area contributed by atoms with Crippen LogP contribution in [0.2, 0.25) is 0 Å². The van der Waals surface area contributed by atoms with Gasteiger partial charge in [-0.2, -0.15) is 0 Å². The fourth-order valence-electron chi connectivity index (χ4n) is 11.0. The molecular weight excluding hydrogens is 868 g/mol. The second-order valence-electron chi connectivity index (χ2n) is 18.9.